The summed E-state index contributed by atoms with van der Waals surface area (Å²) in [6.07, 6.45) is 0.416. The number of hydrogen-bond acceptors (Lipinski definition) is 2. The van der Waals surface area contributed by atoms with Crippen LogP contribution in [0.15, 0.2) is 54.6 Å². The largest absolute Gasteiger partial charge is 0.479 e. The molecule has 2 aromatic rings. The Morgan fingerprint density at radius 1 is 1.20 bits per heavy atom. The van der Waals surface area contributed by atoms with Crippen LogP contribution in [0.2, 0.25) is 5.02 Å². The fraction of sp³-hybridized carbons (Fsp3) is 0.188. The molecule has 20 heavy (non-hydrogen) atoms. The summed E-state index contributed by atoms with van der Waals surface area (Å²) in [5.41, 5.74) is 0.243. The number of rotatable bonds is 5. The fourth-order valence-corrected chi connectivity index (χ4v) is 2.42. The van der Waals surface area contributed by atoms with Crippen molar-refractivity contribution in [2.24, 2.45) is 0 Å². The van der Waals surface area contributed by atoms with Crippen molar-refractivity contribution in [3.8, 4) is 0 Å². The van der Waals surface area contributed by atoms with Crippen LogP contribution in [0.5, 0.6) is 0 Å². The third kappa shape index (κ3) is 2.78. The monoisotopic (exact) mass is 289 g/mol. The number of benzene rings is 2. The normalized spacial score (nSPS) is 13.5. The number of nitrogens with one attached hydrogen (secondary N) is 1. The van der Waals surface area contributed by atoms with E-state index in [1.165, 1.54) is 0 Å². The quantitative estimate of drug-likeness (QED) is 0.869. The van der Waals surface area contributed by atoms with E-state index in [2.05, 4.69) is 5.32 Å². The molecule has 0 radical (unpaired) electrons. The van der Waals surface area contributed by atoms with Crippen LogP contribution in [0.4, 0.5) is 5.69 Å². The number of hydrogen-bond donors (Lipinski definition) is 2. The molecule has 2 rings (SSSR count). The van der Waals surface area contributed by atoms with E-state index in [1.54, 1.807) is 18.2 Å². The van der Waals surface area contributed by atoms with Crippen LogP contribution in [0.25, 0.3) is 0 Å². The molecule has 104 valence electrons. The van der Waals surface area contributed by atoms with Crippen LogP contribution < -0.4 is 5.32 Å². The average molecular weight is 290 g/mol. The lowest BCUT2D eigenvalue weighted by molar-refractivity contribution is -0.142. The van der Waals surface area contributed by atoms with Gasteiger partial charge in [-0.25, -0.2) is 4.79 Å². The number of aliphatic carboxylic acids is 1. The molecule has 1 unspecified atom stereocenters. The molecular weight excluding hydrogens is 274 g/mol. The van der Waals surface area contributed by atoms with Crippen LogP contribution >= 0.6 is 11.6 Å². The van der Waals surface area contributed by atoms with Gasteiger partial charge >= 0.3 is 5.97 Å². The standard InChI is InChI=1S/C16H16ClNO2/c1-2-16(15(19)20,12-7-4-3-5-8-12)18-14-10-6-9-13(17)11-14/h3-11,18H,2H2,1H3,(H,19,20). The molecule has 0 heterocycles. The van der Waals surface area contributed by atoms with Gasteiger partial charge in [0, 0.05) is 10.7 Å². The van der Waals surface area contributed by atoms with Gasteiger partial charge in [0.2, 0.25) is 0 Å². The van der Waals surface area contributed by atoms with Crippen LogP contribution in [0.3, 0.4) is 0 Å². The van der Waals surface area contributed by atoms with Crippen molar-refractivity contribution in [2.75, 3.05) is 5.32 Å². The molecule has 0 saturated heterocycles. The first-order valence-electron chi connectivity index (χ1n) is 6.41. The summed E-state index contributed by atoms with van der Waals surface area (Å²) in [4.78, 5) is 11.8. The fourth-order valence-electron chi connectivity index (χ4n) is 2.23. The number of carboxylic acid groups (broad SMARTS) is 1. The summed E-state index contributed by atoms with van der Waals surface area (Å²) < 4.78 is 0. The zero-order chi connectivity index (χ0) is 14.6. The van der Waals surface area contributed by atoms with Crippen molar-refractivity contribution in [2.45, 2.75) is 18.9 Å². The van der Waals surface area contributed by atoms with Crippen molar-refractivity contribution in [3.05, 3.63) is 65.2 Å². The molecule has 3 nitrogen and oxygen atoms in total. The molecule has 2 aromatic carbocycles. The summed E-state index contributed by atoms with van der Waals surface area (Å²) >= 11 is 5.96. The molecule has 1 atom stereocenters. The second-order valence-electron chi connectivity index (χ2n) is 4.57. The van der Waals surface area contributed by atoms with E-state index in [9.17, 15) is 9.90 Å². The molecule has 0 spiro atoms. The maximum Gasteiger partial charge on any atom is 0.334 e. The maximum absolute atomic E-state index is 11.8. The second-order valence-corrected chi connectivity index (χ2v) is 5.00. The van der Waals surface area contributed by atoms with E-state index in [0.717, 1.165) is 5.56 Å². The Morgan fingerprint density at radius 2 is 1.90 bits per heavy atom. The molecule has 4 heteroatoms. The van der Waals surface area contributed by atoms with Gasteiger partial charge < -0.3 is 10.4 Å². The Bertz CT molecular complexity index is 600. The van der Waals surface area contributed by atoms with Gasteiger partial charge in [0.1, 0.15) is 0 Å². The van der Waals surface area contributed by atoms with Crippen molar-refractivity contribution in [1.29, 1.82) is 0 Å². The topological polar surface area (TPSA) is 49.3 Å². The second kappa shape index (κ2) is 5.97. The zero-order valence-electron chi connectivity index (χ0n) is 11.1. The van der Waals surface area contributed by atoms with Crippen LogP contribution in [0, 0.1) is 0 Å². The average Bonchev–Trinajstić information content (AvgIpc) is 2.45. The highest BCUT2D eigenvalue weighted by atomic mass is 35.5. The van der Waals surface area contributed by atoms with E-state index in [4.69, 9.17) is 11.6 Å². The first-order valence-corrected chi connectivity index (χ1v) is 6.79. The van der Waals surface area contributed by atoms with Gasteiger partial charge in [-0.1, -0.05) is 54.9 Å². The van der Waals surface area contributed by atoms with E-state index in [-0.39, 0.29) is 0 Å². The van der Waals surface area contributed by atoms with Gasteiger partial charge in [-0.3, -0.25) is 0 Å². The minimum absolute atomic E-state index is 0.416. The Balaban J connectivity index is 2.45. The number of anilines is 1. The lowest BCUT2D eigenvalue weighted by Crippen LogP contribution is -2.42. The SMILES string of the molecule is CCC(Nc1cccc(Cl)c1)(C(=O)O)c1ccccc1. The van der Waals surface area contributed by atoms with Gasteiger partial charge in [-0.2, -0.15) is 0 Å². The van der Waals surface area contributed by atoms with Gasteiger partial charge in [-0.15, -0.1) is 0 Å². The highest BCUT2D eigenvalue weighted by Gasteiger charge is 2.38. The van der Waals surface area contributed by atoms with Crippen LogP contribution in [-0.4, -0.2) is 11.1 Å². The predicted octanol–water partition coefficient (Wildman–Crippen LogP) is 4.14. The highest BCUT2D eigenvalue weighted by molar-refractivity contribution is 6.30. The number of carbonyl (C=O) groups is 1. The molecule has 0 saturated carbocycles. The van der Waals surface area contributed by atoms with Crippen LogP contribution in [-0.2, 0) is 10.3 Å². The highest BCUT2D eigenvalue weighted by Crippen LogP contribution is 2.31. The number of carboxylic acids is 1. The Labute approximate surface area is 123 Å². The van der Waals surface area contributed by atoms with Gasteiger partial charge in [-0.05, 0) is 30.2 Å². The van der Waals surface area contributed by atoms with Gasteiger partial charge in [0.05, 0.1) is 0 Å². The van der Waals surface area contributed by atoms with Crippen molar-refractivity contribution < 1.29 is 9.90 Å². The maximum atomic E-state index is 11.8. The summed E-state index contributed by atoms with van der Waals surface area (Å²) in [7, 11) is 0. The number of halogens is 1. The van der Waals surface area contributed by atoms with Crippen molar-refractivity contribution in [1.82, 2.24) is 0 Å². The smallest absolute Gasteiger partial charge is 0.334 e. The Hall–Kier alpha value is -2.00. The lowest BCUT2D eigenvalue weighted by Gasteiger charge is -2.31. The predicted molar refractivity (Wildman–Crippen MR) is 81.1 cm³/mol. The Kier molecular flexibility index (Phi) is 4.30. The lowest BCUT2D eigenvalue weighted by atomic mass is 9.87. The molecule has 0 fully saturated rings. The van der Waals surface area contributed by atoms with E-state index in [1.807, 2.05) is 43.3 Å². The third-order valence-electron chi connectivity index (χ3n) is 3.34. The zero-order valence-corrected chi connectivity index (χ0v) is 11.9. The first-order chi connectivity index (χ1) is 9.58. The molecule has 0 aliphatic heterocycles. The minimum atomic E-state index is -1.16. The summed E-state index contributed by atoms with van der Waals surface area (Å²) in [6, 6.07) is 16.2. The van der Waals surface area contributed by atoms with E-state index < -0.39 is 11.5 Å². The van der Waals surface area contributed by atoms with Crippen molar-refractivity contribution in [3.63, 3.8) is 0 Å². The Morgan fingerprint density at radius 3 is 2.45 bits per heavy atom. The molecule has 0 aliphatic carbocycles. The molecular formula is C16H16ClNO2. The minimum Gasteiger partial charge on any atom is -0.479 e. The summed E-state index contributed by atoms with van der Waals surface area (Å²) in [5, 5.41) is 13.4. The first kappa shape index (κ1) is 14.4. The molecule has 0 amide bonds. The van der Waals surface area contributed by atoms with E-state index in [0.29, 0.717) is 17.1 Å². The van der Waals surface area contributed by atoms with Crippen LogP contribution in [0.1, 0.15) is 18.9 Å². The third-order valence-corrected chi connectivity index (χ3v) is 3.58. The molecule has 0 bridgehead atoms. The van der Waals surface area contributed by atoms with E-state index >= 15 is 0 Å². The molecule has 0 aliphatic rings. The van der Waals surface area contributed by atoms with Gasteiger partial charge in [0.25, 0.3) is 0 Å². The summed E-state index contributed by atoms with van der Waals surface area (Å²) in [6.45, 7) is 1.85. The van der Waals surface area contributed by atoms with Crippen molar-refractivity contribution >= 4 is 23.3 Å². The van der Waals surface area contributed by atoms with Gasteiger partial charge in [0.15, 0.2) is 5.54 Å². The molecule has 2 N–H and O–H groups in total. The molecule has 0 aromatic heterocycles. The summed E-state index contributed by atoms with van der Waals surface area (Å²) in [5.74, 6) is -0.911.